The van der Waals surface area contributed by atoms with Gasteiger partial charge in [0.05, 0.1) is 4.90 Å². The van der Waals surface area contributed by atoms with E-state index < -0.39 is 27.8 Å². The summed E-state index contributed by atoms with van der Waals surface area (Å²) in [5.74, 6) is -1.38. The molecule has 0 bridgehead atoms. The van der Waals surface area contributed by atoms with Gasteiger partial charge in [0.2, 0.25) is 15.9 Å². The quantitative estimate of drug-likeness (QED) is 0.922. The number of halogens is 1. The Labute approximate surface area is 133 Å². The summed E-state index contributed by atoms with van der Waals surface area (Å²) < 4.78 is 40.1. The van der Waals surface area contributed by atoms with E-state index in [2.05, 4.69) is 0 Å². The Morgan fingerprint density at radius 2 is 1.83 bits per heavy atom. The normalized spacial score (nSPS) is 18.4. The van der Waals surface area contributed by atoms with E-state index in [1.165, 1.54) is 12.1 Å². The first-order valence-electron chi connectivity index (χ1n) is 7.03. The van der Waals surface area contributed by atoms with Crippen LogP contribution in [-0.2, 0) is 27.8 Å². The van der Waals surface area contributed by atoms with E-state index in [-0.39, 0.29) is 17.9 Å². The number of hydrogen-bond acceptors (Lipinski definition) is 3. The molecule has 0 saturated heterocycles. The molecule has 2 N–H and O–H groups in total. The van der Waals surface area contributed by atoms with Crippen molar-refractivity contribution >= 4 is 15.9 Å². The number of nitrogens with zero attached hydrogens (tertiary/aromatic N) is 1. The van der Waals surface area contributed by atoms with E-state index in [0.29, 0.717) is 0 Å². The van der Waals surface area contributed by atoms with Crippen LogP contribution in [0.4, 0.5) is 4.39 Å². The van der Waals surface area contributed by atoms with Crippen LogP contribution in [0.3, 0.4) is 0 Å². The molecule has 23 heavy (non-hydrogen) atoms. The smallest absolute Gasteiger partial charge is 0.244 e. The highest BCUT2D eigenvalue weighted by Gasteiger charge is 2.38. The maximum atomic E-state index is 13.4. The van der Waals surface area contributed by atoms with Gasteiger partial charge in [-0.1, -0.05) is 30.3 Å². The van der Waals surface area contributed by atoms with Gasteiger partial charge in [-0.15, -0.1) is 0 Å². The average molecular weight is 334 g/mol. The van der Waals surface area contributed by atoms with Gasteiger partial charge in [0, 0.05) is 6.54 Å². The van der Waals surface area contributed by atoms with Crippen LogP contribution in [-0.4, -0.2) is 24.7 Å². The molecule has 120 valence electrons. The van der Waals surface area contributed by atoms with Gasteiger partial charge in [-0.25, -0.2) is 12.8 Å². The number of benzene rings is 2. The van der Waals surface area contributed by atoms with Crippen LogP contribution in [0.2, 0.25) is 0 Å². The molecule has 0 unspecified atom stereocenters. The molecular weight excluding hydrogens is 319 g/mol. The fraction of sp³-hybridized carbons (Fsp3) is 0.188. The number of carbonyl (C=O) groups excluding carboxylic acids is 1. The first-order valence-corrected chi connectivity index (χ1v) is 8.47. The third-order valence-electron chi connectivity index (χ3n) is 3.94. The van der Waals surface area contributed by atoms with E-state index in [1.807, 2.05) is 12.1 Å². The van der Waals surface area contributed by atoms with Crippen molar-refractivity contribution in [2.24, 2.45) is 5.73 Å². The van der Waals surface area contributed by atoms with Crippen molar-refractivity contribution in [3.05, 3.63) is 65.5 Å². The molecule has 0 radical (unpaired) electrons. The number of carbonyl (C=O) groups is 1. The summed E-state index contributed by atoms with van der Waals surface area (Å²) in [4.78, 5) is 11.6. The molecule has 0 fully saturated rings. The summed E-state index contributed by atoms with van der Waals surface area (Å²) >= 11 is 0. The first-order chi connectivity index (χ1) is 10.9. The van der Waals surface area contributed by atoms with Gasteiger partial charge in [0.25, 0.3) is 0 Å². The second kappa shape index (κ2) is 5.75. The average Bonchev–Trinajstić information content (AvgIpc) is 2.53. The minimum atomic E-state index is -4.03. The summed E-state index contributed by atoms with van der Waals surface area (Å²) in [5, 5.41) is 0. The Balaban J connectivity index is 2.07. The lowest BCUT2D eigenvalue weighted by atomic mass is 9.96. The maximum Gasteiger partial charge on any atom is 0.244 e. The van der Waals surface area contributed by atoms with Crippen LogP contribution in [0.25, 0.3) is 0 Å². The third-order valence-corrected chi connectivity index (χ3v) is 5.79. The van der Waals surface area contributed by atoms with Crippen molar-refractivity contribution in [1.29, 1.82) is 0 Å². The Kier molecular flexibility index (Phi) is 3.91. The lowest BCUT2D eigenvalue weighted by Crippen LogP contribution is -2.51. The van der Waals surface area contributed by atoms with Gasteiger partial charge >= 0.3 is 0 Å². The van der Waals surface area contributed by atoms with Crippen LogP contribution in [0, 0.1) is 5.82 Å². The lowest BCUT2D eigenvalue weighted by molar-refractivity contribution is -0.122. The van der Waals surface area contributed by atoms with Crippen molar-refractivity contribution in [2.45, 2.75) is 23.9 Å². The summed E-state index contributed by atoms with van der Waals surface area (Å²) in [7, 11) is -4.03. The monoisotopic (exact) mass is 334 g/mol. The molecule has 0 saturated carbocycles. The molecule has 5 nitrogen and oxygen atoms in total. The van der Waals surface area contributed by atoms with Crippen LogP contribution < -0.4 is 5.73 Å². The molecule has 1 heterocycles. The highest BCUT2D eigenvalue weighted by atomic mass is 32.2. The Morgan fingerprint density at radius 3 is 2.48 bits per heavy atom. The predicted octanol–water partition coefficient (Wildman–Crippen LogP) is 1.43. The molecular formula is C16H15FN2O3S. The zero-order valence-electron chi connectivity index (χ0n) is 12.1. The highest BCUT2D eigenvalue weighted by molar-refractivity contribution is 7.89. The predicted molar refractivity (Wildman–Crippen MR) is 82.3 cm³/mol. The number of amides is 1. The second-order valence-electron chi connectivity index (χ2n) is 5.40. The van der Waals surface area contributed by atoms with Crippen molar-refractivity contribution < 1.29 is 17.6 Å². The fourth-order valence-electron chi connectivity index (χ4n) is 2.76. The number of hydrogen-bond donors (Lipinski definition) is 1. The highest BCUT2D eigenvalue weighted by Crippen LogP contribution is 2.29. The van der Waals surface area contributed by atoms with Crippen molar-refractivity contribution in [2.75, 3.05) is 0 Å². The van der Waals surface area contributed by atoms with E-state index in [0.717, 1.165) is 27.6 Å². The topological polar surface area (TPSA) is 80.5 Å². The first kappa shape index (κ1) is 15.6. The maximum absolute atomic E-state index is 13.4. The molecule has 0 spiro atoms. The number of rotatable bonds is 3. The van der Waals surface area contributed by atoms with Gasteiger partial charge in [0.15, 0.2) is 0 Å². The minimum absolute atomic E-state index is 0.0304. The van der Waals surface area contributed by atoms with E-state index in [9.17, 15) is 17.6 Å². The molecule has 2 aromatic carbocycles. The van der Waals surface area contributed by atoms with Crippen molar-refractivity contribution in [1.82, 2.24) is 4.31 Å². The number of nitrogens with two attached hydrogens (primary N) is 1. The summed E-state index contributed by atoms with van der Waals surface area (Å²) in [6, 6.07) is 11.0. The third kappa shape index (κ3) is 2.85. The fourth-order valence-corrected chi connectivity index (χ4v) is 4.36. The zero-order valence-corrected chi connectivity index (χ0v) is 13.0. The Hall–Kier alpha value is -2.25. The zero-order chi connectivity index (χ0) is 16.6. The molecule has 1 aliphatic heterocycles. The van der Waals surface area contributed by atoms with Crippen LogP contribution in [0.15, 0.2) is 53.4 Å². The number of sulfonamides is 1. The summed E-state index contributed by atoms with van der Waals surface area (Å²) in [6.45, 7) is 0.0304. The van der Waals surface area contributed by atoms with Crippen LogP contribution >= 0.6 is 0 Å². The van der Waals surface area contributed by atoms with Gasteiger partial charge < -0.3 is 5.73 Å². The molecule has 0 aromatic heterocycles. The van der Waals surface area contributed by atoms with E-state index >= 15 is 0 Å². The summed E-state index contributed by atoms with van der Waals surface area (Å²) in [5.41, 5.74) is 7.10. The second-order valence-corrected chi connectivity index (χ2v) is 7.29. The molecule has 0 aliphatic carbocycles. The van der Waals surface area contributed by atoms with Gasteiger partial charge in [0.1, 0.15) is 11.9 Å². The SMILES string of the molecule is NC(=O)[C@@H]1Cc2ccccc2CN1S(=O)(=O)c1cccc(F)c1. The van der Waals surface area contributed by atoms with Crippen molar-refractivity contribution in [3.8, 4) is 0 Å². The minimum Gasteiger partial charge on any atom is -0.368 e. The standard InChI is InChI=1S/C16H15FN2O3S/c17-13-6-3-7-14(9-13)23(21,22)19-10-12-5-2-1-4-11(12)8-15(19)16(18)20/h1-7,9,15H,8,10H2,(H2,18,20)/t15-/m0/s1. The molecule has 1 aliphatic rings. The number of fused-ring (bicyclic) bond motifs is 1. The molecule has 3 rings (SSSR count). The van der Waals surface area contributed by atoms with Gasteiger partial charge in [-0.3, -0.25) is 4.79 Å². The van der Waals surface area contributed by atoms with Crippen LogP contribution in [0.1, 0.15) is 11.1 Å². The largest absolute Gasteiger partial charge is 0.368 e. The Bertz CT molecular complexity index is 867. The lowest BCUT2D eigenvalue weighted by Gasteiger charge is -2.34. The number of primary amides is 1. The molecule has 7 heteroatoms. The van der Waals surface area contributed by atoms with Gasteiger partial charge in [-0.2, -0.15) is 4.31 Å². The van der Waals surface area contributed by atoms with Crippen molar-refractivity contribution in [3.63, 3.8) is 0 Å². The van der Waals surface area contributed by atoms with Gasteiger partial charge in [-0.05, 0) is 35.7 Å². The summed E-state index contributed by atoms with van der Waals surface area (Å²) in [6.07, 6.45) is 0.208. The van der Waals surface area contributed by atoms with E-state index in [1.54, 1.807) is 12.1 Å². The molecule has 2 aromatic rings. The Morgan fingerprint density at radius 1 is 1.13 bits per heavy atom. The molecule has 1 amide bonds. The van der Waals surface area contributed by atoms with E-state index in [4.69, 9.17) is 5.73 Å². The van der Waals surface area contributed by atoms with Crippen LogP contribution in [0.5, 0.6) is 0 Å². The molecule has 1 atom stereocenters.